The number of amides is 1. The summed E-state index contributed by atoms with van der Waals surface area (Å²) >= 11 is 0. The van der Waals surface area contributed by atoms with Crippen molar-refractivity contribution in [3.63, 3.8) is 0 Å². The molecule has 2 saturated heterocycles. The number of hydrogen-bond donors (Lipinski definition) is 2. The maximum absolute atomic E-state index is 12.7. The smallest absolute Gasteiger partial charge is 0.223 e. The van der Waals surface area contributed by atoms with Gasteiger partial charge in [-0.05, 0) is 65.1 Å². The van der Waals surface area contributed by atoms with Gasteiger partial charge in [-0.1, -0.05) is 25.7 Å². The Bertz CT molecular complexity index is 386. The maximum Gasteiger partial charge on any atom is 0.223 e. The third kappa shape index (κ3) is 4.27. The summed E-state index contributed by atoms with van der Waals surface area (Å²) in [7, 11) is 0. The molecule has 0 bridgehead atoms. The number of nitrogens with zero attached hydrogens (tertiary/aromatic N) is 1. The van der Waals surface area contributed by atoms with Crippen LogP contribution in [0, 0.1) is 5.92 Å². The van der Waals surface area contributed by atoms with E-state index in [2.05, 4.69) is 22.5 Å². The van der Waals surface area contributed by atoms with Crippen LogP contribution in [0.4, 0.5) is 0 Å². The zero-order valence-corrected chi connectivity index (χ0v) is 14.9. The SMILES string of the molecule is C[C@H]1C[C@@H](C(=O)NCC2(N3CCCCC3)CCCCC2)CCN1. The van der Waals surface area contributed by atoms with Crippen LogP contribution in [0.5, 0.6) is 0 Å². The van der Waals surface area contributed by atoms with E-state index in [1.807, 2.05) is 0 Å². The van der Waals surface area contributed by atoms with Crippen LogP contribution < -0.4 is 10.6 Å². The van der Waals surface area contributed by atoms with Gasteiger partial charge in [-0.2, -0.15) is 0 Å². The van der Waals surface area contributed by atoms with Crippen molar-refractivity contribution in [1.82, 2.24) is 15.5 Å². The van der Waals surface area contributed by atoms with E-state index in [0.29, 0.717) is 11.9 Å². The first-order valence-corrected chi connectivity index (χ1v) is 9.96. The van der Waals surface area contributed by atoms with Crippen molar-refractivity contribution in [2.75, 3.05) is 26.2 Å². The van der Waals surface area contributed by atoms with Crippen LogP contribution in [0.25, 0.3) is 0 Å². The Morgan fingerprint density at radius 2 is 1.83 bits per heavy atom. The first-order chi connectivity index (χ1) is 11.2. The minimum absolute atomic E-state index is 0.216. The predicted octanol–water partition coefficient (Wildman–Crippen LogP) is 2.68. The fourth-order valence-corrected chi connectivity index (χ4v) is 4.95. The first-order valence-electron chi connectivity index (χ1n) is 9.96. The summed E-state index contributed by atoms with van der Waals surface area (Å²) in [5.74, 6) is 0.522. The van der Waals surface area contributed by atoms with Crippen LogP contribution in [0.3, 0.4) is 0 Å². The normalized spacial score (nSPS) is 32.4. The van der Waals surface area contributed by atoms with Crippen molar-refractivity contribution in [2.45, 2.75) is 82.7 Å². The van der Waals surface area contributed by atoms with E-state index in [9.17, 15) is 4.79 Å². The number of piperidine rings is 2. The molecule has 4 nitrogen and oxygen atoms in total. The molecule has 1 saturated carbocycles. The summed E-state index contributed by atoms with van der Waals surface area (Å²) in [4.78, 5) is 15.4. The molecule has 3 fully saturated rings. The molecular weight excluding hydrogens is 286 g/mol. The Labute approximate surface area is 141 Å². The molecule has 2 aliphatic heterocycles. The van der Waals surface area contributed by atoms with Crippen molar-refractivity contribution < 1.29 is 4.79 Å². The highest BCUT2D eigenvalue weighted by Crippen LogP contribution is 2.35. The molecule has 0 aromatic heterocycles. The lowest BCUT2D eigenvalue weighted by atomic mass is 9.79. The molecule has 2 heterocycles. The second kappa shape index (κ2) is 7.98. The van der Waals surface area contributed by atoms with Gasteiger partial charge in [0.2, 0.25) is 5.91 Å². The summed E-state index contributed by atoms with van der Waals surface area (Å²) in [6.07, 6.45) is 12.6. The number of likely N-dealkylation sites (tertiary alicyclic amines) is 1. The minimum atomic E-state index is 0.216. The molecular formula is C19H35N3O. The Kier molecular flexibility index (Phi) is 5.97. The standard InChI is InChI=1S/C19H35N3O/c1-16-14-17(8-11-20-16)18(23)21-15-19(9-4-2-5-10-19)22-12-6-3-7-13-22/h16-17,20H,2-15H2,1H3,(H,21,23)/t16-,17-/m0/s1. The molecule has 0 aromatic carbocycles. The molecule has 0 radical (unpaired) electrons. The van der Waals surface area contributed by atoms with Crippen molar-refractivity contribution >= 4 is 5.91 Å². The summed E-state index contributed by atoms with van der Waals surface area (Å²) in [6.45, 7) is 6.52. The van der Waals surface area contributed by atoms with Crippen molar-refractivity contribution in [2.24, 2.45) is 5.92 Å². The lowest BCUT2D eigenvalue weighted by Crippen LogP contribution is -2.58. The van der Waals surface area contributed by atoms with Crippen LogP contribution in [-0.4, -0.2) is 48.6 Å². The highest BCUT2D eigenvalue weighted by atomic mass is 16.1. The van der Waals surface area contributed by atoms with Gasteiger partial charge in [0.15, 0.2) is 0 Å². The summed E-state index contributed by atoms with van der Waals surface area (Å²) in [6, 6.07) is 0.477. The molecule has 4 heteroatoms. The van der Waals surface area contributed by atoms with Gasteiger partial charge in [0.05, 0.1) is 0 Å². The summed E-state index contributed by atoms with van der Waals surface area (Å²) in [5, 5.41) is 6.82. The Morgan fingerprint density at radius 3 is 2.52 bits per heavy atom. The fourth-order valence-electron chi connectivity index (χ4n) is 4.95. The van der Waals surface area contributed by atoms with E-state index < -0.39 is 0 Å². The van der Waals surface area contributed by atoms with Crippen LogP contribution in [0.2, 0.25) is 0 Å². The van der Waals surface area contributed by atoms with Gasteiger partial charge in [-0.3, -0.25) is 9.69 Å². The Hall–Kier alpha value is -0.610. The van der Waals surface area contributed by atoms with Crippen LogP contribution >= 0.6 is 0 Å². The minimum Gasteiger partial charge on any atom is -0.354 e. The molecule has 2 N–H and O–H groups in total. The molecule has 1 aliphatic carbocycles. The molecule has 0 unspecified atom stereocenters. The number of carbonyl (C=O) groups is 1. The lowest BCUT2D eigenvalue weighted by molar-refractivity contribution is -0.127. The molecule has 1 amide bonds. The van der Waals surface area contributed by atoms with E-state index in [4.69, 9.17) is 0 Å². The van der Waals surface area contributed by atoms with Crippen molar-refractivity contribution in [3.8, 4) is 0 Å². The van der Waals surface area contributed by atoms with E-state index in [0.717, 1.165) is 25.9 Å². The molecule has 3 rings (SSSR count). The quantitative estimate of drug-likeness (QED) is 0.837. The lowest BCUT2D eigenvalue weighted by Gasteiger charge is -2.48. The van der Waals surface area contributed by atoms with Crippen LogP contribution in [0.1, 0.15) is 71.1 Å². The Morgan fingerprint density at radius 1 is 1.13 bits per heavy atom. The fraction of sp³-hybridized carbons (Fsp3) is 0.947. The first kappa shape index (κ1) is 17.2. The van der Waals surface area contributed by atoms with Crippen LogP contribution in [-0.2, 0) is 4.79 Å². The third-order valence-electron chi connectivity index (χ3n) is 6.40. The topological polar surface area (TPSA) is 44.4 Å². The number of hydrogen-bond acceptors (Lipinski definition) is 3. The predicted molar refractivity (Wildman–Crippen MR) is 94.4 cm³/mol. The van der Waals surface area contributed by atoms with Crippen molar-refractivity contribution in [3.05, 3.63) is 0 Å². The van der Waals surface area contributed by atoms with E-state index >= 15 is 0 Å². The summed E-state index contributed by atoms with van der Waals surface area (Å²) < 4.78 is 0. The van der Waals surface area contributed by atoms with Gasteiger partial charge < -0.3 is 10.6 Å². The zero-order chi connectivity index (χ0) is 16.1. The number of rotatable bonds is 4. The second-order valence-electron chi connectivity index (χ2n) is 8.13. The molecule has 0 aromatic rings. The average molecular weight is 322 g/mol. The van der Waals surface area contributed by atoms with E-state index in [-0.39, 0.29) is 11.5 Å². The Balaban J connectivity index is 1.58. The van der Waals surface area contributed by atoms with Gasteiger partial charge in [0.25, 0.3) is 0 Å². The molecule has 2 atom stereocenters. The van der Waals surface area contributed by atoms with Gasteiger partial charge >= 0.3 is 0 Å². The monoisotopic (exact) mass is 321 g/mol. The number of nitrogens with one attached hydrogen (secondary N) is 2. The second-order valence-corrected chi connectivity index (χ2v) is 8.13. The highest BCUT2D eigenvalue weighted by Gasteiger charge is 2.39. The highest BCUT2D eigenvalue weighted by molar-refractivity contribution is 5.78. The van der Waals surface area contributed by atoms with Gasteiger partial charge in [0, 0.05) is 24.0 Å². The third-order valence-corrected chi connectivity index (χ3v) is 6.40. The molecule has 23 heavy (non-hydrogen) atoms. The molecule has 132 valence electrons. The summed E-state index contributed by atoms with van der Waals surface area (Å²) in [5.41, 5.74) is 0.257. The largest absolute Gasteiger partial charge is 0.354 e. The zero-order valence-electron chi connectivity index (χ0n) is 14.9. The van der Waals surface area contributed by atoms with E-state index in [1.165, 1.54) is 64.5 Å². The van der Waals surface area contributed by atoms with Crippen LogP contribution in [0.15, 0.2) is 0 Å². The van der Waals surface area contributed by atoms with Gasteiger partial charge in [-0.15, -0.1) is 0 Å². The average Bonchev–Trinajstić information content (AvgIpc) is 2.61. The van der Waals surface area contributed by atoms with Gasteiger partial charge in [0.1, 0.15) is 0 Å². The van der Waals surface area contributed by atoms with Crippen molar-refractivity contribution in [1.29, 1.82) is 0 Å². The maximum atomic E-state index is 12.7. The number of carbonyl (C=O) groups excluding carboxylic acids is 1. The van der Waals surface area contributed by atoms with E-state index in [1.54, 1.807) is 0 Å². The van der Waals surface area contributed by atoms with Gasteiger partial charge in [-0.25, -0.2) is 0 Å². The molecule has 0 spiro atoms. The molecule has 3 aliphatic rings.